The Kier molecular flexibility index (Phi) is 3.73. The number of carbonyl (C=O) groups excluding carboxylic acids is 1. The summed E-state index contributed by atoms with van der Waals surface area (Å²) in [5.74, 6) is -0.140. The summed E-state index contributed by atoms with van der Waals surface area (Å²) < 4.78 is 7.12. The Morgan fingerprint density at radius 3 is 2.95 bits per heavy atom. The Labute approximate surface area is 116 Å². The average molecular weight is 272 g/mol. The second-order valence-corrected chi connectivity index (χ2v) is 4.73. The van der Waals surface area contributed by atoms with Crippen LogP contribution in [0.1, 0.15) is 23.3 Å². The number of pyridine rings is 1. The molecule has 1 amide bonds. The van der Waals surface area contributed by atoms with Crippen molar-refractivity contribution in [1.82, 2.24) is 19.9 Å². The van der Waals surface area contributed by atoms with Gasteiger partial charge in [0.05, 0.1) is 12.0 Å². The molecule has 3 rings (SSSR count). The summed E-state index contributed by atoms with van der Waals surface area (Å²) in [4.78, 5) is 20.3. The van der Waals surface area contributed by atoms with Crippen LogP contribution >= 0.6 is 0 Å². The van der Waals surface area contributed by atoms with Crippen molar-refractivity contribution in [2.45, 2.75) is 18.9 Å². The first-order valence-electron chi connectivity index (χ1n) is 6.66. The van der Waals surface area contributed by atoms with Crippen LogP contribution in [0.3, 0.4) is 0 Å². The fourth-order valence-electron chi connectivity index (χ4n) is 2.22. The standard InChI is InChI=1S/C14H16N4O2/c19-14(17-11-2-7-20-8-3-11)13-9-12(1-4-16-13)18-6-5-15-10-18/h1,4-6,9-11H,2-3,7-8H2,(H,17,19). The lowest BCUT2D eigenvalue weighted by molar-refractivity contribution is 0.0694. The highest BCUT2D eigenvalue weighted by Crippen LogP contribution is 2.10. The zero-order valence-corrected chi connectivity index (χ0v) is 11.0. The Morgan fingerprint density at radius 1 is 1.35 bits per heavy atom. The van der Waals surface area contributed by atoms with E-state index in [1.165, 1.54) is 0 Å². The van der Waals surface area contributed by atoms with Gasteiger partial charge in [-0.2, -0.15) is 0 Å². The minimum absolute atomic E-state index is 0.140. The highest BCUT2D eigenvalue weighted by atomic mass is 16.5. The lowest BCUT2D eigenvalue weighted by Gasteiger charge is -2.22. The van der Waals surface area contributed by atoms with E-state index in [4.69, 9.17) is 4.74 Å². The van der Waals surface area contributed by atoms with E-state index in [9.17, 15) is 4.79 Å². The molecule has 6 nitrogen and oxygen atoms in total. The van der Waals surface area contributed by atoms with E-state index < -0.39 is 0 Å². The molecule has 1 fully saturated rings. The molecule has 0 spiro atoms. The molecule has 0 atom stereocenters. The van der Waals surface area contributed by atoms with Gasteiger partial charge in [-0.15, -0.1) is 0 Å². The van der Waals surface area contributed by atoms with Crippen molar-refractivity contribution in [1.29, 1.82) is 0 Å². The predicted molar refractivity (Wildman–Crippen MR) is 72.7 cm³/mol. The van der Waals surface area contributed by atoms with Crippen molar-refractivity contribution in [3.63, 3.8) is 0 Å². The summed E-state index contributed by atoms with van der Waals surface area (Å²) >= 11 is 0. The minimum atomic E-state index is -0.140. The monoisotopic (exact) mass is 272 g/mol. The second-order valence-electron chi connectivity index (χ2n) is 4.73. The quantitative estimate of drug-likeness (QED) is 0.911. The van der Waals surface area contributed by atoms with Gasteiger partial charge in [-0.1, -0.05) is 0 Å². The molecular formula is C14H16N4O2. The van der Waals surface area contributed by atoms with E-state index in [0.29, 0.717) is 18.9 Å². The number of ether oxygens (including phenoxy) is 1. The molecule has 1 aliphatic heterocycles. The molecule has 0 radical (unpaired) electrons. The van der Waals surface area contributed by atoms with Gasteiger partial charge in [-0.25, -0.2) is 4.98 Å². The number of aromatic nitrogens is 3. The van der Waals surface area contributed by atoms with Crippen molar-refractivity contribution in [3.05, 3.63) is 42.7 Å². The molecule has 0 aliphatic carbocycles. The smallest absolute Gasteiger partial charge is 0.270 e. The van der Waals surface area contributed by atoms with E-state index in [0.717, 1.165) is 18.5 Å². The highest BCUT2D eigenvalue weighted by Gasteiger charge is 2.17. The zero-order valence-electron chi connectivity index (χ0n) is 11.0. The lowest BCUT2D eigenvalue weighted by Crippen LogP contribution is -2.39. The Morgan fingerprint density at radius 2 is 2.20 bits per heavy atom. The van der Waals surface area contributed by atoms with Crippen LogP contribution in [-0.4, -0.2) is 39.7 Å². The first-order chi connectivity index (χ1) is 9.83. The predicted octanol–water partition coefficient (Wildman–Crippen LogP) is 1.18. The molecule has 1 N–H and O–H groups in total. The van der Waals surface area contributed by atoms with Crippen molar-refractivity contribution in [3.8, 4) is 5.69 Å². The number of nitrogens with zero attached hydrogens (tertiary/aromatic N) is 3. The fraction of sp³-hybridized carbons (Fsp3) is 0.357. The number of rotatable bonds is 3. The van der Waals surface area contributed by atoms with Crippen LogP contribution in [0.15, 0.2) is 37.1 Å². The van der Waals surface area contributed by atoms with Crippen LogP contribution < -0.4 is 5.32 Å². The van der Waals surface area contributed by atoms with Gasteiger partial charge in [0.25, 0.3) is 5.91 Å². The van der Waals surface area contributed by atoms with Crippen molar-refractivity contribution in [2.75, 3.05) is 13.2 Å². The lowest BCUT2D eigenvalue weighted by atomic mass is 10.1. The normalized spacial score (nSPS) is 16.0. The van der Waals surface area contributed by atoms with E-state index in [2.05, 4.69) is 15.3 Å². The molecule has 2 aromatic heterocycles. The van der Waals surface area contributed by atoms with Crippen molar-refractivity contribution >= 4 is 5.91 Å². The topological polar surface area (TPSA) is 69.0 Å². The fourth-order valence-corrected chi connectivity index (χ4v) is 2.22. The number of imidazole rings is 1. The summed E-state index contributed by atoms with van der Waals surface area (Å²) in [7, 11) is 0. The van der Waals surface area contributed by atoms with Gasteiger partial charge in [0, 0.05) is 37.8 Å². The maximum absolute atomic E-state index is 12.2. The number of hydrogen-bond donors (Lipinski definition) is 1. The second kappa shape index (κ2) is 5.83. The molecule has 0 bridgehead atoms. The number of hydrogen-bond acceptors (Lipinski definition) is 4. The van der Waals surface area contributed by atoms with Crippen LogP contribution in [0.25, 0.3) is 5.69 Å². The summed E-state index contributed by atoms with van der Waals surface area (Å²) in [5, 5.41) is 3.00. The van der Waals surface area contributed by atoms with E-state index in [1.54, 1.807) is 24.8 Å². The maximum atomic E-state index is 12.2. The zero-order chi connectivity index (χ0) is 13.8. The summed E-state index contributed by atoms with van der Waals surface area (Å²) in [6.07, 6.45) is 8.56. The highest BCUT2D eigenvalue weighted by molar-refractivity contribution is 5.92. The van der Waals surface area contributed by atoms with Crippen LogP contribution in [0.5, 0.6) is 0 Å². The SMILES string of the molecule is O=C(NC1CCOCC1)c1cc(-n2ccnc2)ccn1. The van der Waals surface area contributed by atoms with Gasteiger partial charge < -0.3 is 14.6 Å². The van der Waals surface area contributed by atoms with Crippen molar-refractivity contribution < 1.29 is 9.53 Å². The Hall–Kier alpha value is -2.21. The third-order valence-corrected chi connectivity index (χ3v) is 3.34. The first kappa shape index (κ1) is 12.8. The van der Waals surface area contributed by atoms with E-state index in [-0.39, 0.29) is 11.9 Å². The minimum Gasteiger partial charge on any atom is -0.381 e. The Balaban J connectivity index is 1.73. The number of amides is 1. The van der Waals surface area contributed by atoms with Gasteiger partial charge in [-0.05, 0) is 25.0 Å². The molecular weight excluding hydrogens is 256 g/mol. The van der Waals surface area contributed by atoms with Crippen LogP contribution in [0.2, 0.25) is 0 Å². The molecule has 0 saturated carbocycles. The molecule has 3 heterocycles. The first-order valence-corrected chi connectivity index (χ1v) is 6.66. The molecule has 1 aliphatic rings. The van der Waals surface area contributed by atoms with Gasteiger partial charge >= 0.3 is 0 Å². The molecule has 6 heteroatoms. The molecule has 0 aromatic carbocycles. The van der Waals surface area contributed by atoms with E-state index >= 15 is 0 Å². The molecule has 2 aromatic rings. The molecule has 20 heavy (non-hydrogen) atoms. The van der Waals surface area contributed by atoms with Gasteiger partial charge in [0.2, 0.25) is 0 Å². The third kappa shape index (κ3) is 2.85. The Bertz CT molecular complexity index is 577. The van der Waals surface area contributed by atoms with Crippen LogP contribution in [-0.2, 0) is 4.74 Å². The third-order valence-electron chi connectivity index (χ3n) is 3.34. The summed E-state index contributed by atoms with van der Waals surface area (Å²) in [6, 6.07) is 3.78. The summed E-state index contributed by atoms with van der Waals surface area (Å²) in [6.45, 7) is 1.40. The van der Waals surface area contributed by atoms with Crippen LogP contribution in [0.4, 0.5) is 0 Å². The van der Waals surface area contributed by atoms with Gasteiger partial charge in [0.1, 0.15) is 5.69 Å². The van der Waals surface area contributed by atoms with E-state index in [1.807, 2.05) is 16.8 Å². The molecule has 0 unspecified atom stereocenters. The van der Waals surface area contributed by atoms with Gasteiger partial charge in [0.15, 0.2) is 0 Å². The summed E-state index contributed by atoms with van der Waals surface area (Å²) in [5.41, 5.74) is 1.29. The molecule has 1 saturated heterocycles. The average Bonchev–Trinajstić information content (AvgIpc) is 3.03. The van der Waals surface area contributed by atoms with Gasteiger partial charge in [-0.3, -0.25) is 9.78 Å². The van der Waals surface area contributed by atoms with Crippen molar-refractivity contribution in [2.24, 2.45) is 0 Å². The number of carbonyl (C=O) groups is 1. The largest absolute Gasteiger partial charge is 0.381 e. The number of nitrogens with one attached hydrogen (secondary N) is 1. The maximum Gasteiger partial charge on any atom is 0.270 e. The van der Waals surface area contributed by atoms with Crippen LogP contribution in [0, 0.1) is 0 Å². The molecule has 104 valence electrons.